The summed E-state index contributed by atoms with van der Waals surface area (Å²) >= 11 is 0. The Balaban J connectivity index is 1.55. The molecule has 0 unspecified atom stereocenters. The third kappa shape index (κ3) is 4.06. The molecule has 0 bridgehead atoms. The molecule has 29 heavy (non-hydrogen) atoms. The lowest BCUT2D eigenvalue weighted by Crippen LogP contribution is -2.46. The molecule has 1 N–H and O–H groups in total. The first-order valence-electron chi connectivity index (χ1n) is 10.3. The highest BCUT2D eigenvalue weighted by atomic mass is 16.5. The smallest absolute Gasteiger partial charge is 0.157 e. The lowest BCUT2D eigenvalue weighted by Gasteiger charge is -2.39. The number of hydrogen-bond donors (Lipinski definition) is 1. The van der Waals surface area contributed by atoms with Crippen LogP contribution in [0.4, 0.5) is 5.82 Å². The first-order chi connectivity index (χ1) is 13.9. The highest BCUT2D eigenvalue weighted by Crippen LogP contribution is 2.32. The second-order valence-corrected chi connectivity index (χ2v) is 8.43. The SMILES string of the molecule is Cc1cccc([C@@H](C)Nc2nncc3ccc(OC4CC(N(C)C)C4)cc23)c1C. The first kappa shape index (κ1) is 19.6. The van der Waals surface area contributed by atoms with E-state index in [1.165, 1.54) is 16.7 Å². The van der Waals surface area contributed by atoms with Gasteiger partial charge in [-0.1, -0.05) is 18.2 Å². The summed E-state index contributed by atoms with van der Waals surface area (Å²) in [5.41, 5.74) is 3.89. The van der Waals surface area contributed by atoms with Gasteiger partial charge < -0.3 is 15.0 Å². The van der Waals surface area contributed by atoms with Crippen molar-refractivity contribution in [2.24, 2.45) is 0 Å². The van der Waals surface area contributed by atoms with E-state index >= 15 is 0 Å². The molecule has 1 aromatic heterocycles. The Morgan fingerprint density at radius 2 is 1.93 bits per heavy atom. The Labute approximate surface area is 173 Å². The van der Waals surface area contributed by atoms with Gasteiger partial charge in [-0.2, -0.15) is 5.10 Å². The minimum Gasteiger partial charge on any atom is -0.490 e. The number of nitrogens with zero attached hydrogens (tertiary/aromatic N) is 3. The lowest BCUT2D eigenvalue weighted by atomic mass is 9.88. The van der Waals surface area contributed by atoms with E-state index in [4.69, 9.17) is 4.74 Å². The van der Waals surface area contributed by atoms with E-state index in [9.17, 15) is 0 Å². The molecule has 5 nitrogen and oxygen atoms in total. The highest BCUT2D eigenvalue weighted by molar-refractivity contribution is 5.92. The Bertz CT molecular complexity index is 1010. The minimum atomic E-state index is 0.131. The molecule has 3 aromatic rings. The fourth-order valence-electron chi connectivity index (χ4n) is 4.01. The van der Waals surface area contributed by atoms with E-state index < -0.39 is 0 Å². The number of benzene rings is 2. The standard InChI is InChI=1S/C24H30N4O/c1-15-7-6-8-22(16(15)2)17(3)26-24-23-13-20(10-9-18(23)14-25-27-24)29-21-11-19(12-21)28(4)5/h6-10,13-14,17,19,21H,11-12H2,1-5H3,(H,26,27)/t17-,19?,21?/m1/s1. The molecule has 1 heterocycles. The zero-order chi connectivity index (χ0) is 20.5. The quantitative estimate of drug-likeness (QED) is 0.649. The molecular weight excluding hydrogens is 360 g/mol. The van der Waals surface area contributed by atoms with Crippen molar-refractivity contribution >= 4 is 16.6 Å². The van der Waals surface area contributed by atoms with Gasteiger partial charge >= 0.3 is 0 Å². The Hall–Kier alpha value is -2.66. The van der Waals surface area contributed by atoms with Crippen LogP contribution in [0.1, 0.15) is 42.5 Å². The summed E-state index contributed by atoms with van der Waals surface area (Å²) in [5, 5.41) is 14.2. The number of nitrogens with one attached hydrogen (secondary N) is 1. The van der Waals surface area contributed by atoms with E-state index in [1.54, 1.807) is 6.20 Å². The minimum absolute atomic E-state index is 0.131. The average molecular weight is 391 g/mol. The molecule has 0 spiro atoms. The molecular formula is C24H30N4O. The summed E-state index contributed by atoms with van der Waals surface area (Å²) in [7, 11) is 4.26. The van der Waals surface area contributed by atoms with Gasteiger partial charge in [-0.05, 0) is 82.6 Å². The maximum absolute atomic E-state index is 6.22. The number of ether oxygens (including phenoxy) is 1. The first-order valence-corrected chi connectivity index (χ1v) is 10.3. The van der Waals surface area contributed by atoms with Crippen LogP contribution >= 0.6 is 0 Å². The average Bonchev–Trinajstić information content (AvgIpc) is 2.66. The van der Waals surface area contributed by atoms with Crippen molar-refractivity contribution in [3.8, 4) is 5.75 Å². The van der Waals surface area contributed by atoms with Gasteiger partial charge in [0, 0.05) is 16.8 Å². The van der Waals surface area contributed by atoms with Gasteiger partial charge in [-0.3, -0.25) is 0 Å². The molecule has 0 aliphatic heterocycles. The van der Waals surface area contributed by atoms with Crippen LogP contribution in [0.25, 0.3) is 10.8 Å². The molecule has 1 saturated carbocycles. The summed E-state index contributed by atoms with van der Waals surface area (Å²) in [6, 6.07) is 13.4. The molecule has 0 amide bonds. The number of fused-ring (bicyclic) bond motifs is 1. The van der Waals surface area contributed by atoms with E-state index in [0.717, 1.165) is 35.2 Å². The second kappa shape index (κ2) is 7.99. The molecule has 2 aromatic carbocycles. The topological polar surface area (TPSA) is 50.3 Å². The predicted molar refractivity (Wildman–Crippen MR) is 119 cm³/mol. The van der Waals surface area contributed by atoms with Gasteiger partial charge in [0.15, 0.2) is 5.82 Å². The number of aryl methyl sites for hydroxylation is 1. The second-order valence-electron chi connectivity index (χ2n) is 8.43. The third-order valence-corrected chi connectivity index (χ3v) is 6.20. The van der Waals surface area contributed by atoms with Crippen LogP contribution in [-0.4, -0.2) is 41.3 Å². The summed E-state index contributed by atoms with van der Waals surface area (Å²) in [6.07, 6.45) is 4.25. The van der Waals surface area contributed by atoms with Crippen molar-refractivity contribution in [2.45, 2.75) is 51.8 Å². The van der Waals surface area contributed by atoms with Crippen LogP contribution in [-0.2, 0) is 0 Å². The van der Waals surface area contributed by atoms with E-state index in [-0.39, 0.29) is 6.04 Å². The van der Waals surface area contributed by atoms with E-state index in [0.29, 0.717) is 12.1 Å². The Kier molecular flexibility index (Phi) is 5.41. The van der Waals surface area contributed by atoms with Gasteiger partial charge in [0.2, 0.25) is 0 Å². The maximum Gasteiger partial charge on any atom is 0.157 e. The number of aromatic nitrogens is 2. The monoisotopic (exact) mass is 390 g/mol. The van der Waals surface area contributed by atoms with E-state index in [2.05, 4.69) is 85.6 Å². The highest BCUT2D eigenvalue weighted by Gasteiger charge is 2.32. The van der Waals surface area contributed by atoms with Gasteiger partial charge in [-0.15, -0.1) is 5.10 Å². The summed E-state index contributed by atoms with van der Waals surface area (Å²) in [6.45, 7) is 6.48. The number of rotatable bonds is 6. The fraction of sp³-hybridized carbons (Fsp3) is 0.417. The molecule has 1 fully saturated rings. The molecule has 1 atom stereocenters. The van der Waals surface area contributed by atoms with Crippen LogP contribution in [0.3, 0.4) is 0 Å². The van der Waals surface area contributed by atoms with Gasteiger partial charge in [0.05, 0.1) is 12.2 Å². The molecule has 1 aliphatic rings. The normalized spacial score (nSPS) is 19.8. The fourth-order valence-corrected chi connectivity index (χ4v) is 4.01. The van der Waals surface area contributed by atoms with Crippen LogP contribution in [0.15, 0.2) is 42.6 Å². The number of hydrogen-bond acceptors (Lipinski definition) is 5. The van der Waals surface area contributed by atoms with Crippen molar-refractivity contribution in [1.82, 2.24) is 15.1 Å². The largest absolute Gasteiger partial charge is 0.490 e. The molecule has 4 rings (SSSR count). The molecule has 1 aliphatic carbocycles. The zero-order valence-corrected chi connectivity index (χ0v) is 17.9. The van der Waals surface area contributed by atoms with Gasteiger partial charge in [0.25, 0.3) is 0 Å². The zero-order valence-electron chi connectivity index (χ0n) is 17.9. The van der Waals surface area contributed by atoms with Crippen LogP contribution in [0.5, 0.6) is 5.75 Å². The predicted octanol–water partition coefficient (Wildman–Crippen LogP) is 4.89. The molecule has 5 heteroatoms. The maximum atomic E-state index is 6.22. The lowest BCUT2D eigenvalue weighted by molar-refractivity contribution is 0.0402. The number of anilines is 1. The third-order valence-electron chi connectivity index (χ3n) is 6.20. The summed E-state index contributed by atoms with van der Waals surface area (Å²) in [4.78, 5) is 2.27. The van der Waals surface area contributed by atoms with Crippen LogP contribution in [0, 0.1) is 13.8 Å². The summed E-state index contributed by atoms with van der Waals surface area (Å²) < 4.78 is 6.22. The van der Waals surface area contributed by atoms with Crippen LogP contribution in [0.2, 0.25) is 0 Å². The van der Waals surface area contributed by atoms with Gasteiger partial charge in [0.1, 0.15) is 11.9 Å². The summed E-state index contributed by atoms with van der Waals surface area (Å²) in [5.74, 6) is 1.69. The van der Waals surface area contributed by atoms with Crippen molar-refractivity contribution < 1.29 is 4.74 Å². The molecule has 0 radical (unpaired) electrons. The van der Waals surface area contributed by atoms with Crippen molar-refractivity contribution in [3.05, 3.63) is 59.3 Å². The molecule has 152 valence electrons. The Morgan fingerprint density at radius 1 is 1.14 bits per heavy atom. The van der Waals surface area contributed by atoms with Gasteiger partial charge in [-0.25, -0.2) is 0 Å². The van der Waals surface area contributed by atoms with E-state index in [1.807, 2.05) is 6.07 Å². The van der Waals surface area contributed by atoms with Crippen molar-refractivity contribution in [2.75, 3.05) is 19.4 Å². The Morgan fingerprint density at radius 3 is 2.69 bits per heavy atom. The molecule has 0 saturated heterocycles. The van der Waals surface area contributed by atoms with Crippen molar-refractivity contribution in [1.29, 1.82) is 0 Å². The van der Waals surface area contributed by atoms with Crippen molar-refractivity contribution in [3.63, 3.8) is 0 Å². The van der Waals surface area contributed by atoms with Crippen LogP contribution < -0.4 is 10.1 Å².